The lowest BCUT2D eigenvalue weighted by Crippen LogP contribution is -2.44. The van der Waals surface area contributed by atoms with Crippen molar-refractivity contribution in [3.8, 4) is 11.3 Å². The first-order valence-corrected chi connectivity index (χ1v) is 8.10. The van der Waals surface area contributed by atoms with Crippen LogP contribution in [0.5, 0.6) is 0 Å². The fourth-order valence-electron chi connectivity index (χ4n) is 3.26. The Morgan fingerprint density at radius 1 is 1.09 bits per heavy atom. The number of aryl methyl sites for hydroxylation is 2. The highest BCUT2D eigenvalue weighted by molar-refractivity contribution is 5.76. The third-order valence-electron chi connectivity index (χ3n) is 4.44. The number of anilines is 1. The van der Waals surface area contributed by atoms with E-state index in [-0.39, 0.29) is 0 Å². The molecule has 0 unspecified atom stereocenters. The van der Waals surface area contributed by atoms with E-state index in [1.807, 2.05) is 16.9 Å². The molecule has 1 N–H and O–H groups in total. The molecule has 0 spiro atoms. The topological polar surface area (TPSA) is 45.5 Å². The minimum absolute atomic E-state index is 0.983. The molecule has 1 aromatic carbocycles. The Balaban J connectivity index is 1.81. The lowest BCUT2D eigenvalue weighted by molar-refractivity contribution is 0.585. The number of rotatable bonds is 2. The molecule has 0 radical (unpaired) electrons. The summed E-state index contributed by atoms with van der Waals surface area (Å²) in [6.07, 6.45) is 3.76. The first-order valence-electron chi connectivity index (χ1n) is 8.10. The Morgan fingerprint density at radius 3 is 2.70 bits per heavy atom. The Kier molecular flexibility index (Phi) is 3.50. The van der Waals surface area contributed by atoms with Crippen LogP contribution in [0.25, 0.3) is 16.8 Å². The van der Waals surface area contributed by atoms with Crippen LogP contribution < -0.4 is 10.2 Å². The summed E-state index contributed by atoms with van der Waals surface area (Å²) in [7, 11) is 0. The summed E-state index contributed by atoms with van der Waals surface area (Å²) in [6.45, 7) is 8.23. The first kappa shape index (κ1) is 14.2. The first-order chi connectivity index (χ1) is 11.2. The van der Waals surface area contributed by atoms with E-state index in [2.05, 4.69) is 53.3 Å². The number of piperazine rings is 1. The molecule has 1 fully saturated rings. The normalized spacial score (nSPS) is 15.3. The number of benzene rings is 1. The van der Waals surface area contributed by atoms with Crippen LogP contribution in [0.3, 0.4) is 0 Å². The summed E-state index contributed by atoms with van der Waals surface area (Å²) in [4.78, 5) is 6.94. The molecule has 3 heterocycles. The molecule has 0 saturated carbocycles. The van der Waals surface area contributed by atoms with Crippen LogP contribution >= 0.6 is 0 Å². The van der Waals surface area contributed by atoms with Crippen molar-refractivity contribution >= 4 is 11.3 Å². The van der Waals surface area contributed by atoms with Gasteiger partial charge in [-0.3, -0.25) is 0 Å². The van der Waals surface area contributed by atoms with Gasteiger partial charge in [0.1, 0.15) is 5.52 Å². The van der Waals surface area contributed by atoms with E-state index in [0.29, 0.717) is 0 Å². The van der Waals surface area contributed by atoms with E-state index < -0.39 is 0 Å². The molecule has 118 valence electrons. The molecule has 5 heteroatoms. The molecule has 23 heavy (non-hydrogen) atoms. The van der Waals surface area contributed by atoms with E-state index in [4.69, 9.17) is 5.10 Å². The zero-order chi connectivity index (χ0) is 15.8. The van der Waals surface area contributed by atoms with E-state index in [1.165, 1.54) is 16.7 Å². The second-order valence-corrected chi connectivity index (χ2v) is 6.17. The number of hydrogen-bond acceptors (Lipinski definition) is 4. The molecule has 0 aliphatic carbocycles. The van der Waals surface area contributed by atoms with Crippen LogP contribution in [0.1, 0.15) is 11.1 Å². The van der Waals surface area contributed by atoms with Crippen LogP contribution in [0.4, 0.5) is 5.82 Å². The molecule has 2 aromatic heterocycles. The fourth-order valence-corrected chi connectivity index (χ4v) is 3.26. The molecular formula is C18H21N5. The van der Waals surface area contributed by atoms with Gasteiger partial charge in [0.05, 0.1) is 5.69 Å². The zero-order valence-electron chi connectivity index (χ0n) is 13.6. The third-order valence-corrected chi connectivity index (χ3v) is 4.44. The van der Waals surface area contributed by atoms with Gasteiger partial charge in [0.2, 0.25) is 0 Å². The van der Waals surface area contributed by atoms with Crippen molar-refractivity contribution in [1.29, 1.82) is 0 Å². The second kappa shape index (κ2) is 5.66. The van der Waals surface area contributed by atoms with Gasteiger partial charge in [-0.1, -0.05) is 23.8 Å². The van der Waals surface area contributed by atoms with E-state index in [0.717, 1.165) is 43.2 Å². The average molecular weight is 307 g/mol. The van der Waals surface area contributed by atoms with E-state index in [9.17, 15) is 0 Å². The highest BCUT2D eigenvalue weighted by Gasteiger charge is 2.17. The van der Waals surface area contributed by atoms with Gasteiger partial charge in [-0.05, 0) is 25.5 Å². The molecule has 0 bridgehead atoms. The predicted octanol–water partition coefficient (Wildman–Crippen LogP) is 2.42. The number of aromatic nitrogens is 3. The fraction of sp³-hybridized carbons (Fsp3) is 0.333. The molecule has 5 nitrogen and oxygen atoms in total. The summed E-state index contributed by atoms with van der Waals surface area (Å²) in [5.41, 5.74) is 5.80. The Labute approximate surface area is 136 Å². The summed E-state index contributed by atoms with van der Waals surface area (Å²) >= 11 is 0. The highest BCUT2D eigenvalue weighted by atomic mass is 15.3. The van der Waals surface area contributed by atoms with Gasteiger partial charge in [-0.15, -0.1) is 0 Å². The van der Waals surface area contributed by atoms with E-state index >= 15 is 0 Å². The molecule has 1 aliphatic rings. The maximum Gasteiger partial charge on any atom is 0.154 e. The minimum Gasteiger partial charge on any atom is -0.352 e. The molecular weight excluding hydrogens is 286 g/mol. The summed E-state index contributed by atoms with van der Waals surface area (Å²) in [6, 6.07) is 8.66. The van der Waals surface area contributed by atoms with Gasteiger partial charge in [0, 0.05) is 44.1 Å². The lowest BCUT2D eigenvalue weighted by Gasteiger charge is -2.28. The van der Waals surface area contributed by atoms with E-state index in [1.54, 1.807) is 0 Å². The zero-order valence-corrected chi connectivity index (χ0v) is 13.6. The van der Waals surface area contributed by atoms with Crippen molar-refractivity contribution in [3.05, 3.63) is 47.8 Å². The van der Waals surface area contributed by atoms with Crippen molar-refractivity contribution in [2.24, 2.45) is 0 Å². The average Bonchev–Trinajstić information content (AvgIpc) is 2.99. The third kappa shape index (κ3) is 2.57. The number of fused-ring (bicyclic) bond motifs is 1. The minimum atomic E-state index is 0.983. The van der Waals surface area contributed by atoms with Gasteiger partial charge < -0.3 is 10.2 Å². The SMILES string of the molecule is Cc1ccc(-c2cc3c(N4CCNCC4)nccn3n2)c(C)c1. The highest BCUT2D eigenvalue weighted by Crippen LogP contribution is 2.27. The lowest BCUT2D eigenvalue weighted by atomic mass is 10.0. The van der Waals surface area contributed by atoms with Gasteiger partial charge >= 0.3 is 0 Å². The molecule has 0 amide bonds. The maximum absolute atomic E-state index is 4.76. The van der Waals surface area contributed by atoms with Crippen molar-refractivity contribution < 1.29 is 0 Å². The molecule has 0 atom stereocenters. The summed E-state index contributed by atoms with van der Waals surface area (Å²) in [5.74, 6) is 1.03. The van der Waals surface area contributed by atoms with Gasteiger partial charge in [-0.25, -0.2) is 9.50 Å². The Hall–Kier alpha value is -2.40. The van der Waals surface area contributed by atoms with Crippen molar-refractivity contribution in [1.82, 2.24) is 19.9 Å². The van der Waals surface area contributed by atoms with Gasteiger partial charge in [-0.2, -0.15) is 5.10 Å². The molecule has 1 saturated heterocycles. The largest absolute Gasteiger partial charge is 0.352 e. The molecule has 4 rings (SSSR count). The quantitative estimate of drug-likeness (QED) is 0.790. The van der Waals surface area contributed by atoms with Crippen molar-refractivity contribution in [2.75, 3.05) is 31.1 Å². The Morgan fingerprint density at radius 2 is 1.91 bits per heavy atom. The Bertz CT molecular complexity index is 846. The number of nitrogens with zero attached hydrogens (tertiary/aromatic N) is 4. The van der Waals surface area contributed by atoms with Crippen LogP contribution in [0.2, 0.25) is 0 Å². The standard InChI is InChI=1S/C18H21N5/c1-13-3-4-15(14(2)11-13)16-12-17-18(20-7-10-23(17)21-16)22-8-5-19-6-9-22/h3-4,7,10-12,19H,5-6,8-9H2,1-2H3. The second-order valence-electron chi connectivity index (χ2n) is 6.17. The smallest absolute Gasteiger partial charge is 0.154 e. The molecule has 1 aliphatic heterocycles. The predicted molar refractivity (Wildman–Crippen MR) is 93.0 cm³/mol. The van der Waals surface area contributed by atoms with Gasteiger partial charge in [0.15, 0.2) is 5.82 Å². The van der Waals surface area contributed by atoms with Crippen LogP contribution in [0.15, 0.2) is 36.7 Å². The van der Waals surface area contributed by atoms with Crippen molar-refractivity contribution in [2.45, 2.75) is 13.8 Å². The van der Waals surface area contributed by atoms with Crippen LogP contribution in [-0.4, -0.2) is 40.8 Å². The summed E-state index contributed by atoms with van der Waals surface area (Å²) < 4.78 is 1.94. The number of hydrogen-bond donors (Lipinski definition) is 1. The maximum atomic E-state index is 4.76. The monoisotopic (exact) mass is 307 g/mol. The molecule has 3 aromatic rings. The van der Waals surface area contributed by atoms with Crippen LogP contribution in [0, 0.1) is 13.8 Å². The number of nitrogens with one attached hydrogen (secondary N) is 1. The van der Waals surface area contributed by atoms with Crippen LogP contribution in [-0.2, 0) is 0 Å². The van der Waals surface area contributed by atoms with Gasteiger partial charge in [0.25, 0.3) is 0 Å². The van der Waals surface area contributed by atoms with Crippen molar-refractivity contribution in [3.63, 3.8) is 0 Å². The summed E-state index contributed by atoms with van der Waals surface area (Å²) in [5, 5.41) is 8.15.